The predicted molar refractivity (Wildman–Crippen MR) is 102 cm³/mol. The summed E-state index contributed by atoms with van der Waals surface area (Å²) in [6, 6.07) is 8.07. The molecule has 3 aromatic rings. The number of hydrogen-bond acceptors (Lipinski definition) is 8. The van der Waals surface area contributed by atoms with Gasteiger partial charge in [-0.25, -0.2) is 14.4 Å². The first kappa shape index (κ1) is 19.2. The van der Waals surface area contributed by atoms with Crippen LogP contribution < -0.4 is 10.6 Å². The first-order valence-corrected chi connectivity index (χ1v) is 8.53. The molecule has 3 rings (SSSR count). The number of aliphatic hydroxyl groups is 1. The van der Waals surface area contributed by atoms with E-state index in [1.807, 2.05) is 0 Å². The minimum Gasteiger partial charge on any atom is -0.395 e. The van der Waals surface area contributed by atoms with Crippen molar-refractivity contribution in [2.45, 2.75) is 6.54 Å². The van der Waals surface area contributed by atoms with E-state index in [4.69, 9.17) is 15.0 Å². The Kier molecular flexibility index (Phi) is 6.42. The van der Waals surface area contributed by atoms with Gasteiger partial charge in [0, 0.05) is 24.7 Å². The molecule has 144 valence electrons. The van der Waals surface area contributed by atoms with Crippen molar-refractivity contribution >= 4 is 17.1 Å². The summed E-state index contributed by atoms with van der Waals surface area (Å²) >= 11 is 0. The highest BCUT2D eigenvalue weighted by Gasteiger charge is 2.10. The molecule has 9 heteroatoms. The molecule has 0 saturated carbocycles. The van der Waals surface area contributed by atoms with Gasteiger partial charge in [0.05, 0.1) is 30.4 Å². The fourth-order valence-electron chi connectivity index (χ4n) is 2.37. The third kappa shape index (κ3) is 4.98. The second-order valence-corrected chi connectivity index (χ2v) is 5.75. The van der Waals surface area contributed by atoms with Crippen molar-refractivity contribution in [1.29, 1.82) is 5.41 Å². The van der Waals surface area contributed by atoms with E-state index in [9.17, 15) is 4.39 Å². The molecule has 2 heterocycles. The Labute approximate surface area is 160 Å². The van der Waals surface area contributed by atoms with E-state index in [1.165, 1.54) is 30.8 Å². The number of hydrogen-bond donors (Lipinski definition) is 4. The fraction of sp³-hybridized carbons (Fsp3) is 0.158. The lowest BCUT2D eigenvalue weighted by Gasteiger charge is -2.10. The first-order chi connectivity index (χ1) is 13.7. The molecule has 0 aliphatic rings. The summed E-state index contributed by atoms with van der Waals surface area (Å²) in [6.07, 6.45) is 5.98. The van der Waals surface area contributed by atoms with Crippen LogP contribution in [0.15, 0.2) is 59.6 Å². The van der Waals surface area contributed by atoms with E-state index in [1.54, 1.807) is 24.3 Å². The summed E-state index contributed by atoms with van der Waals surface area (Å²) in [4.78, 5) is 8.28. The maximum Gasteiger partial charge on any atom is 0.177 e. The molecule has 0 aliphatic heterocycles. The van der Waals surface area contributed by atoms with Gasteiger partial charge in [0.2, 0.25) is 0 Å². The average molecular weight is 382 g/mol. The molecule has 0 bridgehead atoms. The van der Waals surface area contributed by atoms with Crippen molar-refractivity contribution < 1.29 is 14.0 Å². The number of benzene rings is 1. The second-order valence-electron chi connectivity index (χ2n) is 5.75. The van der Waals surface area contributed by atoms with Gasteiger partial charge in [0.15, 0.2) is 5.82 Å². The summed E-state index contributed by atoms with van der Waals surface area (Å²) < 4.78 is 18.7. The van der Waals surface area contributed by atoms with Crippen LogP contribution >= 0.6 is 0 Å². The molecule has 0 aliphatic carbocycles. The van der Waals surface area contributed by atoms with E-state index >= 15 is 0 Å². The molecule has 0 unspecified atom stereocenters. The van der Waals surface area contributed by atoms with E-state index in [2.05, 4.69) is 25.8 Å². The number of aromatic nitrogens is 3. The van der Waals surface area contributed by atoms with Gasteiger partial charge in [-0.1, -0.05) is 23.4 Å². The van der Waals surface area contributed by atoms with Crippen LogP contribution in [0.5, 0.6) is 0 Å². The molecular formula is C19H19FN6O2. The van der Waals surface area contributed by atoms with E-state index in [-0.39, 0.29) is 30.5 Å². The third-order valence-corrected chi connectivity index (χ3v) is 3.76. The number of rotatable bonds is 9. The Morgan fingerprint density at radius 3 is 2.68 bits per heavy atom. The van der Waals surface area contributed by atoms with Gasteiger partial charge in [0.25, 0.3) is 0 Å². The van der Waals surface area contributed by atoms with E-state index in [0.717, 1.165) is 0 Å². The molecule has 2 aromatic heterocycles. The van der Waals surface area contributed by atoms with Crippen LogP contribution in [0.3, 0.4) is 0 Å². The zero-order chi connectivity index (χ0) is 19.8. The minimum atomic E-state index is -0.320. The number of anilines is 1. The predicted octanol–water partition coefficient (Wildman–Crippen LogP) is 2.21. The third-order valence-electron chi connectivity index (χ3n) is 3.76. The molecule has 0 radical (unpaired) electrons. The lowest BCUT2D eigenvalue weighted by molar-refractivity contribution is 0.311. The van der Waals surface area contributed by atoms with Crippen LogP contribution in [0.25, 0.3) is 5.70 Å². The van der Waals surface area contributed by atoms with Crippen LogP contribution in [0, 0.1) is 11.2 Å². The summed E-state index contributed by atoms with van der Waals surface area (Å²) in [5, 5.41) is 27.0. The number of halogens is 1. The van der Waals surface area contributed by atoms with Crippen molar-refractivity contribution in [2.75, 3.05) is 18.5 Å². The molecule has 1 aromatic carbocycles. The Morgan fingerprint density at radius 2 is 2.00 bits per heavy atom. The minimum absolute atomic E-state index is 0.00491. The zero-order valence-corrected chi connectivity index (χ0v) is 14.9. The smallest absolute Gasteiger partial charge is 0.177 e. The molecule has 0 spiro atoms. The summed E-state index contributed by atoms with van der Waals surface area (Å²) in [6.45, 7) is 0.592. The van der Waals surface area contributed by atoms with Crippen LogP contribution in [-0.2, 0) is 6.54 Å². The molecule has 8 nitrogen and oxygen atoms in total. The standard InChI is InChI=1S/C19H19FN6O2/c20-15-4-2-1-3-13(15)10-23-18(17-5-8-28-26-17)9-16(21)19-24-11-14(12-25-19)22-6-7-27/h1-5,8-9,11-12,21-23,27H,6-7,10H2/b18-9-,21-16?. The lowest BCUT2D eigenvalue weighted by Crippen LogP contribution is -2.15. The second kappa shape index (κ2) is 9.38. The first-order valence-electron chi connectivity index (χ1n) is 8.53. The van der Waals surface area contributed by atoms with E-state index < -0.39 is 0 Å². The molecule has 28 heavy (non-hydrogen) atoms. The van der Waals surface area contributed by atoms with Crippen molar-refractivity contribution in [3.63, 3.8) is 0 Å². The zero-order valence-electron chi connectivity index (χ0n) is 14.9. The SMILES string of the molecule is N=C(/C=C(\NCc1ccccc1F)c1ccon1)c1ncc(NCCO)cn1. The molecule has 0 atom stereocenters. The van der Waals surface area contributed by atoms with Gasteiger partial charge in [-0.05, 0) is 12.1 Å². The topological polar surface area (TPSA) is 120 Å². The van der Waals surface area contributed by atoms with Crippen LogP contribution in [-0.4, -0.2) is 39.1 Å². The van der Waals surface area contributed by atoms with Gasteiger partial charge in [0.1, 0.15) is 23.5 Å². The Balaban J connectivity index is 1.77. The van der Waals surface area contributed by atoms with Gasteiger partial charge in [-0.2, -0.15) is 0 Å². The number of allylic oxidation sites excluding steroid dienone is 1. The monoisotopic (exact) mass is 382 g/mol. The molecule has 0 saturated heterocycles. The Morgan fingerprint density at radius 1 is 1.21 bits per heavy atom. The van der Waals surface area contributed by atoms with E-state index in [0.29, 0.717) is 29.2 Å². The van der Waals surface area contributed by atoms with Crippen molar-refractivity contribution in [3.05, 3.63) is 78.0 Å². The van der Waals surface area contributed by atoms with Crippen LogP contribution in [0.2, 0.25) is 0 Å². The molecule has 4 N–H and O–H groups in total. The fourth-order valence-corrected chi connectivity index (χ4v) is 2.37. The van der Waals surface area contributed by atoms with Gasteiger partial charge < -0.3 is 20.3 Å². The maximum absolute atomic E-state index is 13.9. The van der Waals surface area contributed by atoms with Crippen molar-refractivity contribution in [3.8, 4) is 0 Å². The summed E-state index contributed by atoms with van der Waals surface area (Å²) in [5.41, 5.74) is 2.13. The maximum atomic E-state index is 13.9. The summed E-state index contributed by atoms with van der Waals surface area (Å²) in [5.74, 6) is -0.109. The van der Waals surface area contributed by atoms with Crippen LogP contribution in [0.4, 0.5) is 10.1 Å². The quantitative estimate of drug-likeness (QED) is 0.419. The normalized spacial score (nSPS) is 11.3. The Hall–Kier alpha value is -3.59. The molecule has 0 amide bonds. The molecule has 0 fully saturated rings. The van der Waals surface area contributed by atoms with Gasteiger partial charge >= 0.3 is 0 Å². The van der Waals surface area contributed by atoms with Crippen molar-refractivity contribution in [2.24, 2.45) is 0 Å². The highest BCUT2D eigenvalue weighted by atomic mass is 19.1. The molecular weight excluding hydrogens is 363 g/mol. The van der Waals surface area contributed by atoms with Crippen molar-refractivity contribution in [1.82, 2.24) is 20.4 Å². The Bertz CT molecular complexity index is 941. The highest BCUT2D eigenvalue weighted by molar-refractivity contribution is 6.07. The number of nitrogens with one attached hydrogen (secondary N) is 3. The van der Waals surface area contributed by atoms with Gasteiger partial charge in [-0.3, -0.25) is 5.41 Å². The lowest BCUT2D eigenvalue weighted by atomic mass is 10.2. The van der Waals surface area contributed by atoms with Gasteiger partial charge in [-0.15, -0.1) is 0 Å². The number of aliphatic hydroxyl groups excluding tert-OH is 1. The largest absolute Gasteiger partial charge is 0.395 e. The average Bonchev–Trinajstić information content (AvgIpc) is 3.25. The number of nitrogens with zero attached hydrogens (tertiary/aromatic N) is 3. The highest BCUT2D eigenvalue weighted by Crippen LogP contribution is 2.13. The van der Waals surface area contributed by atoms with Crippen LogP contribution in [0.1, 0.15) is 17.1 Å². The summed E-state index contributed by atoms with van der Waals surface area (Å²) in [7, 11) is 0.